The summed E-state index contributed by atoms with van der Waals surface area (Å²) in [7, 11) is 0. The van der Waals surface area contributed by atoms with E-state index < -0.39 is 5.91 Å². The third-order valence-corrected chi connectivity index (χ3v) is 4.47. The van der Waals surface area contributed by atoms with E-state index in [0.29, 0.717) is 34.6 Å². The van der Waals surface area contributed by atoms with Gasteiger partial charge >= 0.3 is 0 Å². The van der Waals surface area contributed by atoms with Gasteiger partial charge in [-0.25, -0.2) is 0 Å². The molecule has 2 N–H and O–H groups in total. The molecule has 0 atom stereocenters. The van der Waals surface area contributed by atoms with Gasteiger partial charge in [-0.1, -0.05) is 18.2 Å². The molecule has 1 aromatic carbocycles. The van der Waals surface area contributed by atoms with Crippen molar-refractivity contribution in [3.05, 3.63) is 58.6 Å². The summed E-state index contributed by atoms with van der Waals surface area (Å²) in [4.78, 5) is 25.4. The number of rotatable bonds is 6. The zero-order valence-electron chi connectivity index (χ0n) is 14.9. The van der Waals surface area contributed by atoms with Crippen LogP contribution in [-0.4, -0.2) is 31.4 Å². The second-order valence-corrected chi connectivity index (χ2v) is 6.53. The largest absolute Gasteiger partial charge is 0.321 e. The molecule has 0 aliphatic carbocycles. The van der Waals surface area contributed by atoms with Crippen LogP contribution in [0.5, 0.6) is 0 Å². The van der Waals surface area contributed by atoms with Gasteiger partial charge in [0.05, 0.1) is 16.4 Å². The van der Waals surface area contributed by atoms with Crippen molar-refractivity contribution in [2.75, 3.05) is 10.6 Å². The Kier molecular flexibility index (Phi) is 5.70. The molecule has 0 saturated heterocycles. The van der Waals surface area contributed by atoms with Crippen molar-refractivity contribution in [1.82, 2.24) is 19.6 Å². The average Bonchev–Trinajstić information content (AvgIpc) is 3.25. The standard InChI is InChI=1S/C18H19BrN6O2/c1-3-24-11-14(22-18(27)16-13(19)10-20-25(16)4-2)15(23-24)17(26)21-12-8-6-5-7-9-12/h5-11H,3-4H2,1-2H3,(H,21,26)(H,22,27). The van der Waals surface area contributed by atoms with Crippen LogP contribution in [0.4, 0.5) is 11.4 Å². The second kappa shape index (κ2) is 8.17. The van der Waals surface area contributed by atoms with E-state index in [9.17, 15) is 9.59 Å². The SMILES string of the molecule is CCn1cc(NC(=O)c2c(Br)cnn2CC)c(C(=O)Nc2ccccc2)n1. The minimum atomic E-state index is -0.397. The molecule has 0 fully saturated rings. The van der Waals surface area contributed by atoms with Gasteiger partial charge in [0, 0.05) is 25.0 Å². The molecule has 0 radical (unpaired) electrons. The topological polar surface area (TPSA) is 93.8 Å². The molecule has 140 valence electrons. The van der Waals surface area contributed by atoms with Gasteiger partial charge in [-0.15, -0.1) is 0 Å². The van der Waals surface area contributed by atoms with Crippen molar-refractivity contribution in [1.29, 1.82) is 0 Å². The molecular weight excluding hydrogens is 412 g/mol. The molecule has 0 aliphatic heterocycles. The van der Waals surface area contributed by atoms with Crippen molar-refractivity contribution in [3.63, 3.8) is 0 Å². The Hall–Kier alpha value is -2.94. The fraction of sp³-hybridized carbons (Fsp3) is 0.222. The van der Waals surface area contributed by atoms with Gasteiger partial charge < -0.3 is 10.6 Å². The molecule has 0 saturated carbocycles. The molecule has 27 heavy (non-hydrogen) atoms. The van der Waals surface area contributed by atoms with E-state index in [4.69, 9.17) is 0 Å². The minimum Gasteiger partial charge on any atom is -0.321 e. The number of amides is 2. The Bertz CT molecular complexity index is 964. The van der Waals surface area contributed by atoms with Gasteiger partial charge in [-0.05, 0) is 41.9 Å². The Labute approximate surface area is 164 Å². The van der Waals surface area contributed by atoms with E-state index in [1.54, 1.807) is 33.9 Å². The van der Waals surface area contributed by atoms with Crippen LogP contribution in [0, 0.1) is 0 Å². The van der Waals surface area contributed by atoms with Crippen LogP contribution in [0.25, 0.3) is 0 Å². The molecule has 0 bridgehead atoms. The summed E-state index contributed by atoms with van der Waals surface area (Å²) in [6.07, 6.45) is 3.20. The summed E-state index contributed by atoms with van der Waals surface area (Å²) in [5, 5.41) is 14.0. The zero-order valence-corrected chi connectivity index (χ0v) is 16.5. The highest BCUT2D eigenvalue weighted by atomic mass is 79.9. The molecular formula is C18H19BrN6O2. The highest BCUT2D eigenvalue weighted by Gasteiger charge is 2.22. The van der Waals surface area contributed by atoms with E-state index in [2.05, 4.69) is 36.8 Å². The lowest BCUT2D eigenvalue weighted by molar-refractivity contribution is 0.101. The lowest BCUT2D eigenvalue weighted by Gasteiger charge is -2.08. The highest BCUT2D eigenvalue weighted by Crippen LogP contribution is 2.21. The third kappa shape index (κ3) is 4.08. The quantitative estimate of drug-likeness (QED) is 0.626. The van der Waals surface area contributed by atoms with Crippen LogP contribution in [0.1, 0.15) is 34.8 Å². The van der Waals surface area contributed by atoms with Crippen LogP contribution in [0.2, 0.25) is 0 Å². The van der Waals surface area contributed by atoms with E-state index in [1.807, 2.05) is 32.0 Å². The Balaban J connectivity index is 1.87. The van der Waals surface area contributed by atoms with Crippen LogP contribution < -0.4 is 10.6 Å². The Morgan fingerprint density at radius 3 is 2.48 bits per heavy atom. The number of halogens is 1. The van der Waals surface area contributed by atoms with Crippen molar-refractivity contribution < 1.29 is 9.59 Å². The zero-order chi connectivity index (χ0) is 19.4. The molecule has 8 nitrogen and oxygen atoms in total. The normalized spacial score (nSPS) is 10.6. The first-order valence-electron chi connectivity index (χ1n) is 8.50. The van der Waals surface area contributed by atoms with Crippen molar-refractivity contribution in [2.45, 2.75) is 26.9 Å². The summed E-state index contributed by atoms with van der Waals surface area (Å²) in [5.41, 5.74) is 1.52. The monoisotopic (exact) mass is 430 g/mol. The third-order valence-electron chi connectivity index (χ3n) is 3.89. The smallest absolute Gasteiger partial charge is 0.278 e. The molecule has 9 heteroatoms. The maximum absolute atomic E-state index is 12.7. The second-order valence-electron chi connectivity index (χ2n) is 5.68. The number of nitrogens with one attached hydrogen (secondary N) is 2. The van der Waals surface area contributed by atoms with Gasteiger partial charge in [-0.3, -0.25) is 19.0 Å². The first-order chi connectivity index (χ1) is 13.0. The Morgan fingerprint density at radius 2 is 1.81 bits per heavy atom. The number of carbonyl (C=O) groups is 2. The summed E-state index contributed by atoms with van der Waals surface area (Å²) in [5.74, 6) is -0.766. The Morgan fingerprint density at radius 1 is 1.07 bits per heavy atom. The first-order valence-corrected chi connectivity index (χ1v) is 9.29. The van der Waals surface area contributed by atoms with Gasteiger partial charge in [-0.2, -0.15) is 10.2 Å². The maximum atomic E-state index is 12.7. The van der Waals surface area contributed by atoms with E-state index in [-0.39, 0.29) is 11.6 Å². The number of para-hydroxylation sites is 1. The van der Waals surface area contributed by atoms with Gasteiger partial charge in [0.2, 0.25) is 0 Å². The molecule has 2 aromatic heterocycles. The molecule has 0 aliphatic rings. The molecule has 2 heterocycles. The number of anilines is 2. The van der Waals surface area contributed by atoms with Gasteiger partial charge in [0.25, 0.3) is 11.8 Å². The summed E-state index contributed by atoms with van der Waals surface area (Å²) < 4.78 is 3.76. The predicted molar refractivity (Wildman–Crippen MR) is 106 cm³/mol. The highest BCUT2D eigenvalue weighted by molar-refractivity contribution is 9.10. The molecule has 3 aromatic rings. The fourth-order valence-corrected chi connectivity index (χ4v) is 3.04. The molecule has 3 rings (SSSR count). The lowest BCUT2D eigenvalue weighted by Crippen LogP contribution is -2.20. The number of aromatic nitrogens is 4. The summed E-state index contributed by atoms with van der Waals surface area (Å²) in [6, 6.07) is 9.08. The minimum absolute atomic E-state index is 0.146. The van der Waals surface area contributed by atoms with Crippen LogP contribution in [-0.2, 0) is 13.1 Å². The summed E-state index contributed by atoms with van der Waals surface area (Å²) >= 11 is 3.34. The molecule has 0 unspecified atom stereocenters. The average molecular weight is 431 g/mol. The van der Waals surface area contributed by atoms with E-state index in [1.165, 1.54) is 0 Å². The number of benzene rings is 1. The van der Waals surface area contributed by atoms with Crippen LogP contribution in [0.3, 0.4) is 0 Å². The van der Waals surface area contributed by atoms with Gasteiger partial charge in [0.15, 0.2) is 5.69 Å². The van der Waals surface area contributed by atoms with E-state index >= 15 is 0 Å². The first kappa shape index (κ1) is 18.8. The number of carbonyl (C=O) groups excluding carboxylic acids is 2. The van der Waals surface area contributed by atoms with Gasteiger partial charge in [0.1, 0.15) is 5.69 Å². The number of aryl methyl sites for hydroxylation is 2. The van der Waals surface area contributed by atoms with Crippen molar-refractivity contribution >= 4 is 39.1 Å². The van der Waals surface area contributed by atoms with Crippen LogP contribution >= 0.6 is 15.9 Å². The number of hydrogen-bond acceptors (Lipinski definition) is 4. The number of hydrogen-bond donors (Lipinski definition) is 2. The predicted octanol–water partition coefficient (Wildman–Crippen LogP) is 3.39. The molecule has 2 amide bonds. The van der Waals surface area contributed by atoms with Crippen molar-refractivity contribution in [3.8, 4) is 0 Å². The maximum Gasteiger partial charge on any atom is 0.278 e. The lowest BCUT2D eigenvalue weighted by atomic mass is 10.3. The van der Waals surface area contributed by atoms with E-state index in [0.717, 1.165) is 0 Å². The van der Waals surface area contributed by atoms with Crippen LogP contribution in [0.15, 0.2) is 47.2 Å². The summed E-state index contributed by atoms with van der Waals surface area (Å²) in [6.45, 7) is 4.91. The van der Waals surface area contributed by atoms with Crippen molar-refractivity contribution in [2.24, 2.45) is 0 Å². The molecule has 0 spiro atoms. The fourth-order valence-electron chi connectivity index (χ4n) is 2.56. The number of nitrogens with zero attached hydrogens (tertiary/aromatic N) is 4.